The first-order valence-electron chi connectivity index (χ1n) is 7.36. The highest BCUT2D eigenvalue weighted by Crippen LogP contribution is 2.30. The van der Waals surface area contributed by atoms with Gasteiger partial charge >= 0.3 is 6.03 Å². The lowest BCUT2D eigenvalue weighted by atomic mass is 9.92. The maximum atomic E-state index is 12.9. The summed E-state index contributed by atoms with van der Waals surface area (Å²) in [4.78, 5) is 26.5. The first kappa shape index (κ1) is 15.7. The molecule has 0 aromatic heterocycles. The lowest BCUT2D eigenvalue weighted by Crippen LogP contribution is -2.40. The summed E-state index contributed by atoms with van der Waals surface area (Å²) in [5.41, 5.74) is 1.77. The number of carbonyl (C=O) groups is 2. The molecule has 1 atom stereocenters. The summed E-state index contributed by atoms with van der Waals surface area (Å²) in [5.74, 6) is -0.229. The molecule has 5 heteroatoms. The van der Waals surface area contributed by atoms with E-state index in [1.165, 1.54) is 4.90 Å². The highest BCUT2D eigenvalue weighted by Gasteiger charge is 2.48. The number of urea groups is 1. The van der Waals surface area contributed by atoms with Crippen LogP contribution in [0.1, 0.15) is 23.6 Å². The Bertz CT molecular complexity index is 773. The Morgan fingerprint density at radius 1 is 1.09 bits per heavy atom. The summed E-state index contributed by atoms with van der Waals surface area (Å²) in [6.45, 7) is 4.00. The normalized spacial score (nSPS) is 20.7. The molecule has 1 heterocycles. The molecule has 0 aliphatic carbocycles. The quantitative estimate of drug-likeness (QED) is 0.834. The molecule has 4 nitrogen and oxygen atoms in total. The molecular formula is C18H17BrN2O2. The van der Waals surface area contributed by atoms with Gasteiger partial charge in [-0.1, -0.05) is 52.3 Å². The maximum Gasteiger partial charge on any atom is 0.325 e. The van der Waals surface area contributed by atoms with Crippen LogP contribution >= 0.6 is 15.9 Å². The van der Waals surface area contributed by atoms with Gasteiger partial charge in [-0.3, -0.25) is 9.69 Å². The Hall–Kier alpha value is -2.14. The van der Waals surface area contributed by atoms with E-state index in [2.05, 4.69) is 21.2 Å². The SMILES string of the molecule is Cc1ccccc1CN1C(=O)NC(C)(c2ccc(Br)cc2)C1=O. The van der Waals surface area contributed by atoms with Crippen LogP contribution in [0, 0.1) is 6.92 Å². The van der Waals surface area contributed by atoms with Crippen LogP contribution < -0.4 is 5.32 Å². The minimum atomic E-state index is -1.03. The molecule has 0 saturated carbocycles. The number of imide groups is 1. The molecule has 0 spiro atoms. The summed E-state index contributed by atoms with van der Waals surface area (Å²) >= 11 is 3.38. The van der Waals surface area contributed by atoms with Crippen molar-refractivity contribution in [2.24, 2.45) is 0 Å². The fourth-order valence-electron chi connectivity index (χ4n) is 2.78. The molecule has 3 rings (SSSR count). The van der Waals surface area contributed by atoms with Gasteiger partial charge in [0.1, 0.15) is 5.54 Å². The van der Waals surface area contributed by atoms with E-state index in [1.807, 2.05) is 55.5 Å². The lowest BCUT2D eigenvalue weighted by molar-refractivity contribution is -0.131. The van der Waals surface area contributed by atoms with E-state index in [4.69, 9.17) is 0 Å². The molecule has 1 aliphatic rings. The molecule has 1 unspecified atom stereocenters. The molecule has 3 amide bonds. The minimum Gasteiger partial charge on any atom is -0.319 e. The Balaban J connectivity index is 1.90. The van der Waals surface area contributed by atoms with E-state index in [0.29, 0.717) is 0 Å². The molecule has 2 aromatic carbocycles. The third kappa shape index (κ3) is 2.77. The zero-order valence-electron chi connectivity index (χ0n) is 13.0. The van der Waals surface area contributed by atoms with Crippen LogP contribution in [0.5, 0.6) is 0 Å². The molecule has 1 saturated heterocycles. The zero-order valence-corrected chi connectivity index (χ0v) is 14.6. The Kier molecular flexibility index (Phi) is 3.98. The van der Waals surface area contributed by atoms with Crippen molar-refractivity contribution in [2.75, 3.05) is 0 Å². The number of hydrogen-bond donors (Lipinski definition) is 1. The maximum absolute atomic E-state index is 12.9. The number of halogens is 1. The van der Waals surface area contributed by atoms with Crippen LogP contribution in [0.15, 0.2) is 53.0 Å². The van der Waals surface area contributed by atoms with E-state index < -0.39 is 5.54 Å². The van der Waals surface area contributed by atoms with Gasteiger partial charge in [0.2, 0.25) is 0 Å². The van der Waals surface area contributed by atoms with Crippen molar-refractivity contribution >= 4 is 27.9 Å². The monoisotopic (exact) mass is 372 g/mol. The molecule has 118 valence electrons. The Labute approximate surface area is 143 Å². The molecule has 1 fully saturated rings. The average molecular weight is 373 g/mol. The second kappa shape index (κ2) is 5.81. The summed E-state index contributed by atoms with van der Waals surface area (Å²) in [6.07, 6.45) is 0. The van der Waals surface area contributed by atoms with Crippen molar-refractivity contribution in [3.8, 4) is 0 Å². The highest BCUT2D eigenvalue weighted by molar-refractivity contribution is 9.10. The number of carbonyl (C=O) groups excluding carboxylic acids is 2. The number of nitrogens with one attached hydrogen (secondary N) is 1. The van der Waals surface area contributed by atoms with Crippen LogP contribution in [0.3, 0.4) is 0 Å². The molecular weight excluding hydrogens is 356 g/mol. The van der Waals surface area contributed by atoms with Crippen molar-refractivity contribution in [2.45, 2.75) is 25.9 Å². The summed E-state index contributed by atoms with van der Waals surface area (Å²) in [6, 6.07) is 14.8. The summed E-state index contributed by atoms with van der Waals surface area (Å²) < 4.78 is 0.929. The van der Waals surface area contributed by atoms with Gasteiger partial charge in [0.25, 0.3) is 5.91 Å². The Morgan fingerprint density at radius 3 is 2.39 bits per heavy atom. The second-order valence-electron chi connectivity index (χ2n) is 5.88. The molecule has 2 aromatic rings. The molecule has 1 N–H and O–H groups in total. The van der Waals surface area contributed by atoms with Crippen molar-refractivity contribution in [3.63, 3.8) is 0 Å². The van der Waals surface area contributed by atoms with Gasteiger partial charge in [-0.05, 0) is 42.7 Å². The smallest absolute Gasteiger partial charge is 0.319 e. The third-order valence-corrected chi connectivity index (χ3v) is 4.81. The number of aryl methyl sites for hydroxylation is 1. The highest BCUT2D eigenvalue weighted by atomic mass is 79.9. The van der Waals surface area contributed by atoms with Crippen LogP contribution in [0.2, 0.25) is 0 Å². The fourth-order valence-corrected chi connectivity index (χ4v) is 3.04. The van der Waals surface area contributed by atoms with Gasteiger partial charge in [-0.2, -0.15) is 0 Å². The van der Waals surface area contributed by atoms with Crippen molar-refractivity contribution in [1.29, 1.82) is 0 Å². The Morgan fingerprint density at radius 2 is 1.74 bits per heavy atom. The number of rotatable bonds is 3. The largest absolute Gasteiger partial charge is 0.325 e. The van der Waals surface area contributed by atoms with Crippen LogP contribution in [-0.4, -0.2) is 16.8 Å². The average Bonchev–Trinajstić information content (AvgIpc) is 2.74. The third-order valence-electron chi connectivity index (χ3n) is 4.29. The number of hydrogen-bond acceptors (Lipinski definition) is 2. The van der Waals surface area contributed by atoms with Gasteiger partial charge in [0.05, 0.1) is 6.54 Å². The van der Waals surface area contributed by atoms with Crippen molar-refractivity contribution in [3.05, 3.63) is 69.7 Å². The van der Waals surface area contributed by atoms with Gasteiger partial charge < -0.3 is 5.32 Å². The van der Waals surface area contributed by atoms with Crippen molar-refractivity contribution < 1.29 is 9.59 Å². The molecule has 0 radical (unpaired) electrons. The van der Waals surface area contributed by atoms with Gasteiger partial charge in [0, 0.05) is 4.47 Å². The molecule has 0 bridgehead atoms. The van der Waals surface area contributed by atoms with E-state index >= 15 is 0 Å². The van der Waals surface area contributed by atoms with Crippen molar-refractivity contribution in [1.82, 2.24) is 10.2 Å². The first-order valence-corrected chi connectivity index (χ1v) is 8.16. The molecule has 1 aliphatic heterocycles. The molecule has 23 heavy (non-hydrogen) atoms. The minimum absolute atomic E-state index is 0.229. The predicted molar refractivity (Wildman–Crippen MR) is 91.8 cm³/mol. The first-order chi connectivity index (χ1) is 10.9. The van der Waals surface area contributed by atoms with Gasteiger partial charge in [-0.25, -0.2) is 4.79 Å². The second-order valence-corrected chi connectivity index (χ2v) is 6.80. The van der Waals surface area contributed by atoms with Crippen LogP contribution in [0.25, 0.3) is 0 Å². The fraction of sp³-hybridized carbons (Fsp3) is 0.222. The van der Waals surface area contributed by atoms with Gasteiger partial charge in [-0.15, -0.1) is 0 Å². The van der Waals surface area contributed by atoms with Crippen LogP contribution in [-0.2, 0) is 16.9 Å². The van der Waals surface area contributed by atoms with Gasteiger partial charge in [0.15, 0.2) is 0 Å². The zero-order chi connectivity index (χ0) is 16.6. The predicted octanol–water partition coefficient (Wildman–Crippen LogP) is 3.72. The van der Waals surface area contributed by atoms with E-state index in [-0.39, 0.29) is 18.5 Å². The standard InChI is InChI=1S/C18H17BrN2O2/c1-12-5-3-4-6-13(12)11-21-16(22)18(2,20-17(21)23)14-7-9-15(19)10-8-14/h3-10H,11H2,1-2H3,(H,20,23). The van der Waals surface area contributed by atoms with Crippen LogP contribution in [0.4, 0.5) is 4.79 Å². The summed E-state index contributed by atoms with van der Waals surface area (Å²) in [7, 11) is 0. The number of amides is 3. The van der Waals surface area contributed by atoms with E-state index in [0.717, 1.165) is 21.2 Å². The topological polar surface area (TPSA) is 49.4 Å². The van der Waals surface area contributed by atoms with E-state index in [1.54, 1.807) is 6.92 Å². The number of nitrogens with zero attached hydrogens (tertiary/aromatic N) is 1. The summed E-state index contributed by atoms with van der Waals surface area (Å²) in [5, 5.41) is 2.83. The number of benzene rings is 2. The lowest BCUT2D eigenvalue weighted by Gasteiger charge is -2.22. The van der Waals surface area contributed by atoms with E-state index in [9.17, 15) is 9.59 Å².